The Bertz CT molecular complexity index is 7200. The number of hydrogen-bond donors (Lipinski definition) is 0. The smallest absolute Gasteiger partial charge is 0.00201 e. The third-order valence-electron chi connectivity index (χ3n) is 23.2. The zero-order chi connectivity index (χ0) is 77.1. The van der Waals surface area contributed by atoms with Crippen molar-refractivity contribution < 1.29 is 0 Å². The van der Waals surface area contributed by atoms with Crippen molar-refractivity contribution in [3.63, 3.8) is 0 Å². The molecule has 0 heteroatoms. The van der Waals surface area contributed by atoms with Gasteiger partial charge in [0.2, 0.25) is 0 Å². The summed E-state index contributed by atoms with van der Waals surface area (Å²) in [6.45, 7) is 0. The minimum atomic E-state index is 1.23. The van der Waals surface area contributed by atoms with E-state index in [9.17, 15) is 0 Å². The molecule has 0 unspecified atom stereocenters. The van der Waals surface area contributed by atoms with E-state index in [1.54, 1.807) is 0 Å². The van der Waals surface area contributed by atoms with E-state index < -0.39 is 0 Å². The van der Waals surface area contributed by atoms with Gasteiger partial charge in [-0.1, -0.05) is 467 Å². The Labute approximate surface area is 677 Å². The summed E-state index contributed by atoms with van der Waals surface area (Å²) in [5, 5.41) is 20.4. The van der Waals surface area contributed by atoms with Crippen LogP contribution >= 0.6 is 0 Å². The van der Waals surface area contributed by atoms with E-state index in [2.05, 4.69) is 473 Å². The van der Waals surface area contributed by atoms with Crippen molar-refractivity contribution in [2.24, 2.45) is 0 Å². The van der Waals surface area contributed by atoms with Crippen LogP contribution in [0.3, 0.4) is 0 Å². The SMILES string of the molecule is c1ccc(-c2ccc(-c3c4ccccc4c(-c4ccccc4)c4ccccc34)cc2)cc1.c1ccc(-c2ccccc2-c2c3ccccc3c(-c3ccc(-c4ccc5ccccc5c4)cc3)c3ccccc23)cc1.c1ccc(-c2ccccc2-c2c3ccccc3c(-c3ccc(-c4ccccc4)c4ccccc34)c3ccccc23)cc1. The fraction of sp³-hybridized carbons (Fsp3) is 0. The number of rotatable bonds is 11. The van der Waals surface area contributed by atoms with Gasteiger partial charge in [0.25, 0.3) is 0 Å². The van der Waals surface area contributed by atoms with Crippen molar-refractivity contribution in [1.82, 2.24) is 0 Å². The maximum atomic E-state index is 2.33. The maximum absolute atomic E-state index is 2.33. The first-order chi connectivity index (χ1) is 57.6. The predicted molar refractivity (Wildman–Crippen MR) is 499 cm³/mol. The van der Waals surface area contributed by atoms with Crippen molar-refractivity contribution >= 4 is 86.2 Å². The highest BCUT2D eigenvalue weighted by Gasteiger charge is 2.24. The molecular formula is C116H78. The van der Waals surface area contributed by atoms with E-state index in [-0.39, 0.29) is 0 Å². The molecule has 0 heterocycles. The lowest BCUT2D eigenvalue weighted by Gasteiger charge is -2.21. The molecule has 0 spiro atoms. The van der Waals surface area contributed by atoms with Gasteiger partial charge in [-0.05, 0) is 215 Å². The van der Waals surface area contributed by atoms with Gasteiger partial charge in [-0.3, -0.25) is 0 Å². The molecule has 0 aliphatic rings. The monoisotopic (exact) mass is 1470 g/mol. The third kappa shape index (κ3) is 13.1. The molecule has 0 nitrogen and oxygen atoms in total. The van der Waals surface area contributed by atoms with Crippen molar-refractivity contribution in [3.05, 3.63) is 473 Å². The van der Waals surface area contributed by atoms with E-state index in [1.165, 1.54) is 209 Å². The summed E-state index contributed by atoms with van der Waals surface area (Å²) in [6.07, 6.45) is 0. The van der Waals surface area contributed by atoms with Gasteiger partial charge in [0, 0.05) is 0 Å². The highest BCUT2D eigenvalue weighted by Crippen LogP contribution is 2.51. The zero-order valence-electron chi connectivity index (χ0n) is 64.0. The fourth-order valence-corrected chi connectivity index (χ4v) is 18.0. The van der Waals surface area contributed by atoms with Crippen LogP contribution in [0.5, 0.6) is 0 Å². The highest BCUT2D eigenvalue weighted by molar-refractivity contribution is 6.27. The molecule has 0 bridgehead atoms. The summed E-state index contributed by atoms with van der Waals surface area (Å²) in [7, 11) is 0. The van der Waals surface area contributed by atoms with E-state index in [1.807, 2.05) is 0 Å². The van der Waals surface area contributed by atoms with Crippen LogP contribution in [-0.2, 0) is 0 Å². The summed E-state index contributed by atoms with van der Waals surface area (Å²) >= 11 is 0. The van der Waals surface area contributed by atoms with Gasteiger partial charge in [-0.25, -0.2) is 0 Å². The third-order valence-corrected chi connectivity index (χ3v) is 23.2. The fourth-order valence-electron chi connectivity index (χ4n) is 18.0. The molecule has 0 amide bonds. The number of benzene rings is 22. The maximum Gasteiger partial charge on any atom is -0.00201 e. The molecule has 0 saturated carbocycles. The predicted octanol–water partition coefficient (Wildman–Crippen LogP) is 32.6. The molecule has 0 fully saturated rings. The van der Waals surface area contributed by atoms with Crippen LogP contribution < -0.4 is 0 Å². The van der Waals surface area contributed by atoms with Crippen LogP contribution in [0.1, 0.15) is 0 Å². The summed E-state index contributed by atoms with van der Waals surface area (Å²) < 4.78 is 0. The number of fused-ring (bicyclic) bond motifs is 8. The quantitative estimate of drug-likeness (QED) is 0.113. The second kappa shape index (κ2) is 31.2. The van der Waals surface area contributed by atoms with Crippen molar-refractivity contribution in [2.75, 3.05) is 0 Å². The Hall–Kier alpha value is -15.1. The molecule has 0 aliphatic carbocycles. The van der Waals surface area contributed by atoms with Crippen molar-refractivity contribution in [1.29, 1.82) is 0 Å². The van der Waals surface area contributed by atoms with Crippen LogP contribution in [0.2, 0.25) is 0 Å². The minimum absolute atomic E-state index is 1.23. The van der Waals surface area contributed by atoms with Gasteiger partial charge >= 0.3 is 0 Å². The first kappa shape index (κ1) is 70.1. The van der Waals surface area contributed by atoms with E-state index >= 15 is 0 Å². The second-order valence-electron chi connectivity index (χ2n) is 29.9. The second-order valence-corrected chi connectivity index (χ2v) is 29.9. The van der Waals surface area contributed by atoms with Crippen LogP contribution in [0.15, 0.2) is 473 Å². The Morgan fingerprint density at radius 1 is 0.0862 bits per heavy atom. The van der Waals surface area contributed by atoms with E-state index in [0.29, 0.717) is 0 Å². The summed E-state index contributed by atoms with van der Waals surface area (Å²) in [5.74, 6) is 0. The lowest BCUT2D eigenvalue weighted by Crippen LogP contribution is -1.93. The Balaban J connectivity index is 0.000000113. The Kier molecular flexibility index (Phi) is 18.9. The largest absolute Gasteiger partial charge is 0.0622 e. The Morgan fingerprint density at radius 3 is 0.655 bits per heavy atom. The molecule has 22 aromatic rings. The molecule has 0 atom stereocenters. The van der Waals surface area contributed by atoms with Gasteiger partial charge in [0.1, 0.15) is 0 Å². The first-order valence-electron chi connectivity index (χ1n) is 40.1. The van der Waals surface area contributed by atoms with E-state index in [0.717, 1.165) is 0 Å². The highest BCUT2D eigenvalue weighted by atomic mass is 14.3. The van der Waals surface area contributed by atoms with Crippen LogP contribution in [0.25, 0.3) is 209 Å². The topological polar surface area (TPSA) is 0 Å². The minimum Gasteiger partial charge on any atom is -0.0622 e. The molecule has 22 rings (SSSR count). The normalized spacial score (nSPS) is 11.3. The summed E-state index contributed by atoms with van der Waals surface area (Å²) in [4.78, 5) is 0. The molecule has 22 aromatic carbocycles. The van der Waals surface area contributed by atoms with Gasteiger partial charge in [-0.15, -0.1) is 0 Å². The van der Waals surface area contributed by atoms with Crippen molar-refractivity contribution in [2.45, 2.75) is 0 Å². The molecule has 0 saturated heterocycles. The summed E-state index contributed by atoms with van der Waals surface area (Å²) in [5.41, 5.74) is 27.7. The lowest BCUT2D eigenvalue weighted by atomic mass is 9.82. The Morgan fingerprint density at radius 2 is 0.293 bits per heavy atom. The van der Waals surface area contributed by atoms with Crippen LogP contribution in [-0.4, -0.2) is 0 Å². The van der Waals surface area contributed by atoms with Crippen LogP contribution in [0.4, 0.5) is 0 Å². The molecule has 0 N–H and O–H groups in total. The lowest BCUT2D eigenvalue weighted by molar-refractivity contribution is 1.60. The molecule has 0 aromatic heterocycles. The first-order valence-corrected chi connectivity index (χ1v) is 40.1. The zero-order valence-corrected chi connectivity index (χ0v) is 64.0. The van der Waals surface area contributed by atoms with Gasteiger partial charge < -0.3 is 0 Å². The summed E-state index contributed by atoms with van der Waals surface area (Å²) in [6, 6.07) is 171. The molecule has 0 radical (unpaired) electrons. The molecule has 0 aliphatic heterocycles. The number of hydrogen-bond acceptors (Lipinski definition) is 0. The van der Waals surface area contributed by atoms with Gasteiger partial charge in [0.15, 0.2) is 0 Å². The van der Waals surface area contributed by atoms with Crippen molar-refractivity contribution in [3.8, 4) is 122 Å². The van der Waals surface area contributed by atoms with E-state index in [4.69, 9.17) is 0 Å². The standard InChI is InChI=1S/2C42H28.C32H22/c1-3-15-29(16-4-1)31-19-7-10-22-35(31)41-36-23-11-13-25-38(36)42(39-26-14-12-24-37(39)41)40-28-27-32(30-17-5-2-6-18-30)33-20-8-9-21-34(33)40;1-2-13-31(14-3-1)35-16-6-7-17-36(35)42-39-20-10-8-18-37(39)41(38-19-9-11-21-40(38)42)32-25-22-30(23-26-32)34-27-24-29-12-4-5-15-33(29)28-34;1-3-11-23(12-4-1)24-19-21-26(22-20-24)32-29-17-9-7-15-27(29)31(25-13-5-2-6-14-25)28-16-8-10-18-30(28)32/h2*1-28H;1-22H. The van der Waals surface area contributed by atoms with Crippen LogP contribution in [0, 0.1) is 0 Å². The molecule has 116 heavy (non-hydrogen) atoms. The molecule has 542 valence electrons. The average molecular weight is 1470 g/mol. The van der Waals surface area contributed by atoms with Gasteiger partial charge in [-0.2, -0.15) is 0 Å². The molecular weight excluding hydrogens is 1390 g/mol. The average Bonchev–Trinajstić information content (AvgIpc) is 0.753. The van der Waals surface area contributed by atoms with Gasteiger partial charge in [0.05, 0.1) is 0 Å².